The second kappa shape index (κ2) is 6.81. The van der Waals surface area contributed by atoms with E-state index in [0.717, 1.165) is 25.7 Å². The van der Waals surface area contributed by atoms with Gasteiger partial charge in [-0.05, 0) is 33.6 Å². The van der Waals surface area contributed by atoms with Crippen molar-refractivity contribution in [3.63, 3.8) is 0 Å². The minimum atomic E-state index is -0.732. The van der Waals surface area contributed by atoms with Gasteiger partial charge in [-0.3, -0.25) is 0 Å². The van der Waals surface area contributed by atoms with Gasteiger partial charge in [-0.25, -0.2) is 4.79 Å². The number of carbonyl (C=O) groups excluding carboxylic acids is 1. The van der Waals surface area contributed by atoms with E-state index in [2.05, 4.69) is 15.8 Å². The van der Waals surface area contributed by atoms with E-state index < -0.39 is 5.54 Å². The minimum Gasteiger partial charge on any atom is -0.409 e. The van der Waals surface area contributed by atoms with Gasteiger partial charge in [-0.15, -0.1) is 0 Å². The summed E-state index contributed by atoms with van der Waals surface area (Å²) >= 11 is 0. The van der Waals surface area contributed by atoms with Crippen LogP contribution in [0.3, 0.4) is 0 Å². The summed E-state index contributed by atoms with van der Waals surface area (Å²) in [5.74, 6) is 0.100. The van der Waals surface area contributed by atoms with E-state index in [9.17, 15) is 4.79 Å². The zero-order valence-corrected chi connectivity index (χ0v) is 12.8. The zero-order valence-electron chi connectivity index (χ0n) is 12.8. The third-order valence-electron chi connectivity index (χ3n) is 3.65. The lowest BCUT2D eigenvalue weighted by Gasteiger charge is -2.36. The highest BCUT2D eigenvalue weighted by Gasteiger charge is 2.37. The van der Waals surface area contributed by atoms with Crippen molar-refractivity contribution in [1.29, 1.82) is 0 Å². The predicted octanol–water partition coefficient (Wildman–Crippen LogP) is 2.31. The Balaban J connectivity index is 2.84. The number of carbonyl (C=O) groups is 1. The molecule has 0 radical (unpaired) electrons. The maximum atomic E-state index is 12.1. The standard InChI is InChI=1S/C14H28N4O2/c1-13(2,3)16-12(19)17-14(11(15)18-20)9-7-5-4-6-8-10-14/h20H,4-10H2,1-3H3,(H2,15,18)(H2,16,17,19). The zero-order chi connectivity index (χ0) is 15.2. The number of rotatable bonds is 2. The molecule has 1 fully saturated rings. The summed E-state index contributed by atoms with van der Waals surface area (Å²) < 4.78 is 0. The Morgan fingerprint density at radius 3 is 2.10 bits per heavy atom. The average molecular weight is 284 g/mol. The Bertz CT molecular complexity index is 353. The lowest BCUT2D eigenvalue weighted by molar-refractivity contribution is 0.216. The van der Waals surface area contributed by atoms with Crippen molar-refractivity contribution in [3.05, 3.63) is 0 Å². The molecule has 0 atom stereocenters. The summed E-state index contributed by atoms with van der Waals surface area (Å²) in [5, 5.41) is 18.0. The van der Waals surface area contributed by atoms with Crippen LogP contribution in [0.4, 0.5) is 4.79 Å². The van der Waals surface area contributed by atoms with Gasteiger partial charge in [0.25, 0.3) is 0 Å². The number of hydrogen-bond donors (Lipinski definition) is 4. The fourth-order valence-electron chi connectivity index (χ4n) is 2.64. The third kappa shape index (κ3) is 4.90. The monoisotopic (exact) mass is 284 g/mol. The van der Waals surface area contributed by atoms with Crippen molar-refractivity contribution < 1.29 is 10.0 Å². The van der Waals surface area contributed by atoms with E-state index in [4.69, 9.17) is 10.9 Å². The number of amides is 2. The Hall–Kier alpha value is -1.46. The number of nitrogens with zero attached hydrogens (tertiary/aromatic N) is 1. The van der Waals surface area contributed by atoms with Gasteiger partial charge < -0.3 is 21.6 Å². The Kier molecular flexibility index (Phi) is 5.65. The molecule has 1 aliphatic rings. The molecule has 116 valence electrons. The molecule has 5 N–H and O–H groups in total. The first kappa shape index (κ1) is 16.6. The highest BCUT2D eigenvalue weighted by Crippen LogP contribution is 2.26. The van der Waals surface area contributed by atoms with Crippen LogP contribution < -0.4 is 16.4 Å². The number of nitrogens with two attached hydrogens (primary N) is 1. The van der Waals surface area contributed by atoms with Crippen molar-refractivity contribution in [1.82, 2.24) is 10.6 Å². The highest BCUT2D eigenvalue weighted by molar-refractivity contribution is 5.93. The molecular formula is C14H28N4O2. The van der Waals surface area contributed by atoms with Crippen LogP contribution in [0.5, 0.6) is 0 Å². The van der Waals surface area contributed by atoms with E-state index in [-0.39, 0.29) is 17.4 Å². The molecular weight excluding hydrogens is 256 g/mol. The predicted molar refractivity (Wildman–Crippen MR) is 79.9 cm³/mol. The first-order valence-electron chi connectivity index (χ1n) is 7.37. The number of oxime groups is 1. The van der Waals surface area contributed by atoms with Gasteiger partial charge in [0, 0.05) is 5.54 Å². The van der Waals surface area contributed by atoms with Crippen molar-refractivity contribution in [3.8, 4) is 0 Å². The van der Waals surface area contributed by atoms with E-state index in [1.54, 1.807) is 0 Å². The van der Waals surface area contributed by atoms with Crippen LogP contribution in [-0.2, 0) is 0 Å². The summed E-state index contributed by atoms with van der Waals surface area (Å²) in [4.78, 5) is 12.1. The second-order valence-corrected chi connectivity index (χ2v) is 6.66. The minimum absolute atomic E-state index is 0.100. The maximum Gasteiger partial charge on any atom is 0.316 e. The van der Waals surface area contributed by atoms with Gasteiger partial charge in [0.2, 0.25) is 0 Å². The molecule has 2 amide bonds. The van der Waals surface area contributed by atoms with E-state index in [0.29, 0.717) is 12.8 Å². The molecule has 0 aromatic rings. The summed E-state index contributed by atoms with van der Waals surface area (Å²) in [6.45, 7) is 5.75. The largest absolute Gasteiger partial charge is 0.409 e. The quantitative estimate of drug-likeness (QED) is 0.271. The molecule has 1 rings (SSSR count). The van der Waals surface area contributed by atoms with Gasteiger partial charge in [0.15, 0.2) is 5.84 Å². The maximum absolute atomic E-state index is 12.1. The Labute approximate surface area is 121 Å². The molecule has 20 heavy (non-hydrogen) atoms. The summed E-state index contributed by atoms with van der Waals surface area (Å²) in [6, 6.07) is -0.273. The molecule has 0 aromatic heterocycles. The topological polar surface area (TPSA) is 99.7 Å². The molecule has 6 heteroatoms. The van der Waals surface area contributed by atoms with Crippen molar-refractivity contribution >= 4 is 11.9 Å². The molecule has 0 heterocycles. The summed E-state index contributed by atoms with van der Waals surface area (Å²) in [5.41, 5.74) is 4.82. The lowest BCUT2D eigenvalue weighted by Crippen LogP contribution is -2.61. The molecule has 0 aliphatic heterocycles. The number of hydrogen-bond acceptors (Lipinski definition) is 3. The first-order chi connectivity index (χ1) is 9.29. The molecule has 0 spiro atoms. The molecule has 0 aromatic carbocycles. The van der Waals surface area contributed by atoms with Gasteiger partial charge in [0.1, 0.15) is 5.54 Å². The molecule has 0 unspecified atom stereocenters. The van der Waals surface area contributed by atoms with Crippen LogP contribution >= 0.6 is 0 Å². The number of nitrogens with one attached hydrogen (secondary N) is 2. The summed E-state index contributed by atoms with van der Waals surface area (Å²) in [7, 11) is 0. The molecule has 0 saturated heterocycles. The fraction of sp³-hybridized carbons (Fsp3) is 0.857. The van der Waals surface area contributed by atoms with Crippen LogP contribution in [0.25, 0.3) is 0 Å². The van der Waals surface area contributed by atoms with Gasteiger partial charge in [-0.1, -0.05) is 37.3 Å². The van der Waals surface area contributed by atoms with E-state index in [1.165, 1.54) is 6.42 Å². The fourth-order valence-corrected chi connectivity index (χ4v) is 2.64. The SMILES string of the molecule is CC(C)(C)NC(=O)NC1(/C(N)=N/O)CCCCCCC1. The van der Waals surface area contributed by atoms with Gasteiger partial charge >= 0.3 is 6.03 Å². The van der Waals surface area contributed by atoms with Crippen molar-refractivity contribution in [2.75, 3.05) is 0 Å². The molecule has 0 bridgehead atoms. The van der Waals surface area contributed by atoms with Crippen LogP contribution in [-0.4, -0.2) is 28.2 Å². The van der Waals surface area contributed by atoms with Crippen molar-refractivity contribution in [2.24, 2.45) is 10.9 Å². The van der Waals surface area contributed by atoms with E-state index in [1.807, 2.05) is 20.8 Å². The van der Waals surface area contributed by atoms with Crippen LogP contribution in [0, 0.1) is 0 Å². The average Bonchev–Trinajstić information content (AvgIpc) is 2.29. The normalized spacial score (nSPS) is 20.6. The second-order valence-electron chi connectivity index (χ2n) is 6.66. The van der Waals surface area contributed by atoms with Crippen LogP contribution in [0.2, 0.25) is 0 Å². The van der Waals surface area contributed by atoms with Gasteiger partial charge in [0.05, 0.1) is 0 Å². The Morgan fingerprint density at radius 2 is 1.65 bits per heavy atom. The number of urea groups is 1. The molecule has 1 aliphatic carbocycles. The van der Waals surface area contributed by atoms with Gasteiger partial charge in [-0.2, -0.15) is 0 Å². The Morgan fingerprint density at radius 1 is 1.15 bits per heavy atom. The third-order valence-corrected chi connectivity index (χ3v) is 3.65. The van der Waals surface area contributed by atoms with Crippen LogP contribution in [0.1, 0.15) is 65.7 Å². The lowest BCUT2D eigenvalue weighted by atomic mass is 9.83. The smallest absolute Gasteiger partial charge is 0.316 e. The van der Waals surface area contributed by atoms with Crippen molar-refractivity contribution in [2.45, 2.75) is 76.8 Å². The molecule has 1 saturated carbocycles. The highest BCUT2D eigenvalue weighted by atomic mass is 16.4. The number of amidine groups is 1. The van der Waals surface area contributed by atoms with Crippen LogP contribution in [0.15, 0.2) is 5.16 Å². The first-order valence-corrected chi connectivity index (χ1v) is 7.37. The summed E-state index contributed by atoms with van der Waals surface area (Å²) in [6.07, 6.45) is 6.78. The van der Waals surface area contributed by atoms with E-state index >= 15 is 0 Å². The molecule has 6 nitrogen and oxygen atoms in total.